The van der Waals surface area contributed by atoms with Gasteiger partial charge in [-0.3, -0.25) is 4.79 Å². The first-order valence-electron chi connectivity index (χ1n) is 5.97. The van der Waals surface area contributed by atoms with E-state index in [4.69, 9.17) is 10.2 Å². The maximum atomic E-state index is 12.0. The third kappa shape index (κ3) is 4.35. The fourth-order valence-electron chi connectivity index (χ4n) is 1.64. The highest BCUT2D eigenvalue weighted by Crippen LogP contribution is 2.09. The van der Waals surface area contributed by atoms with E-state index in [1.807, 2.05) is 19.2 Å². The molecule has 0 spiro atoms. The molecular formula is C13H18N2O4. The highest BCUT2D eigenvalue weighted by molar-refractivity contribution is 5.97. The van der Waals surface area contributed by atoms with Crippen molar-refractivity contribution in [1.29, 1.82) is 0 Å². The Morgan fingerprint density at radius 2 is 2.00 bits per heavy atom. The van der Waals surface area contributed by atoms with Gasteiger partial charge in [0, 0.05) is 5.56 Å². The standard InChI is InChI=1S/C13H18N2O4/c1-14-7-6-9-4-2-3-5-10(9)12(17)15-11(8-16)13(18)19/h2-5,11,14,16H,6-8H2,1H3,(H,15,17)(H,18,19)/t11-/m1/s1. The number of carbonyl (C=O) groups is 2. The first-order chi connectivity index (χ1) is 9.10. The average molecular weight is 266 g/mol. The van der Waals surface area contributed by atoms with E-state index in [-0.39, 0.29) is 0 Å². The Balaban J connectivity index is 2.83. The molecule has 0 heterocycles. The lowest BCUT2D eigenvalue weighted by Gasteiger charge is -2.14. The van der Waals surface area contributed by atoms with Gasteiger partial charge in [0.05, 0.1) is 6.61 Å². The van der Waals surface area contributed by atoms with E-state index in [0.717, 1.165) is 5.56 Å². The summed E-state index contributed by atoms with van der Waals surface area (Å²) < 4.78 is 0. The molecule has 0 unspecified atom stereocenters. The van der Waals surface area contributed by atoms with E-state index in [9.17, 15) is 9.59 Å². The van der Waals surface area contributed by atoms with E-state index in [1.54, 1.807) is 12.1 Å². The van der Waals surface area contributed by atoms with E-state index in [1.165, 1.54) is 0 Å². The summed E-state index contributed by atoms with van der Waals surface area (Å²) in [5, 5.41) is 23.0. The van der Waals surface area contributed by atoms with Gasteiger partial charge in [0.2, 0.25) is 0 Å². The molecule has 0 aliphatic rings. The summed E-state index contributed by atoms with van der Waals surface area (Å²) in [5.41, 5.74) is 1.26. The van der Waals surface area contributed by atoms with Crippen LogP contribution in [-0.2, 0) is 11.2 Å². The van der Waals surface area contributed by atoms with Gasteiger partial charge in [0.15, 0.2) is 6.04 Å². The normalized spacial score (nSPS) is 11.9. The highest BCUT2D eigenvalue weighted by atomic mass is 16.4. The van der Waals surface area contributed by atoms with Crippen molar-refractivity contribution in [3.8, 4) is 0 Å². The van der Waals surface area contributed by atoms with Gasteiger partial charge in [0.25, 0.3) is 5.91 Å². The van der Waals surface area contributed by atoms with Crippen LogP contribution in [-0.4, -0.2) is 48.3 Å². The minimum Gasteiger partial charge on any atom is -0.480 e. The molecule has 1 aromatic rings. The first kappa shape index (κ1) is 15.1. The van der Waals surface area contributed by atoms with E-state index >= 15 is 0 Å². The third-order valence-electron chi connectivity index (χ3n) is 2.69. The summed E-state index contributed by atoms with van der Waals surface area (Å²) >= 11 is 0. The van der Waals surface area contributed by atoms with Crippen molar-refractivity contribution < 1.29 is 19.8 Å². The van der Waals surface area contributed by atoms with Crippen LogP contribution < -0.4 is 10.6 Å². The Morgan fingerprint density at radius 3 is 2.58 bits per heavy atom. The summed E-state index contributed by atoms with van der Waals surface area (Å²) in [5.74, 6) is -1.75. The van der Waals surface area contributed by atoms with Crippen LogP contribution in [0.25, 0.3) is 0 Å². The molecule has 6 nitrogen and oxygen atoms in total. The summed E-state index contributed by atoms with van der Waals surface area (Å²) in [7, 11) is 1.81. The van der Waals surface area contributed by atoms with Gasteiger partial charge in [-0.1, -0.05) is 18.2 Å². The maximum Gasteiger partial charge on any atom is 0.328 e. The minimum atomic E-state index is -1.29. The number of aliphatic hydroxyl groups is 1. The van der Waals surface area contributed by atoms with Crippen molar-refractivity contribution in [3.05, 3.63) is 35.4 Å². The summed E-state index contributed by atoms with van der Waals surface area (Å²) in [6, 6.07) is 5.71. The number of aliphatic hydroxyl groups excluding tert-OH is 1. The Bertz CT molecular complexity index is 448. The van der Waals surface area contributed by atoms with Gasteiger partial charge in [0.1, 0.15) is 0 Å². The number of likely N-dealkylation sites (N-methyl/N-ethyl adjacent to an activating group) is 1. The van der Waals surface area contributed by atoms with Gasteiger partial charge in [-0.25, -0.2) is 4.79 Å². The van der Waals surface area contributed by atoms with E-state index in [2.05, 4.69) is 10.6 Å². The fraction of sp³-hybridized carbons (Fsp3) is 0.385. The molecule has 0 saturated carbocycles. The Labute approximate surface area is 111 Å². The number of benzene rings is 1. The molecule has 0 radical (unpaired) electrons. The van der Waals surface area contributed by atoms with Crippen molar-refractivity contribution in [2.75, 3.05) is 20.2 Å². The molecule has 1 atom stereocenters. The molecule has 0 aromatic heterocycles. The molecule has 1 amide bonds. The van der Waals surface area contributed by atoms with Gasteiger partial charge in [-0.2, -0.15) is 0 Å². The van der Waals surface area contributed by atoms with Crippen molar-refractivity contribution in [1.82, 2.24) is 10.6 Å². The first-order valence-corrected chi connectivity index (χ1v) is 5.97. The van der Waals surface area contributed by atoms with E-state index < -0.39 is 24.5 Å². The van der Waals surface area contributed by atoms with Crippen molar-refractivity contribution in [3.63, 3.8) is 0 Å². The zero-order valence-corrected chi connectivity index (χ0v) is 10.7. The highest BCUT2D eigenvalue weighted by Gasteiger charge is 2.20. The minimum absolute atomic E-state index is 0.428. The molecule has 0 aliphatic heterocycles. The van der Waals surface area contributed by atoms with Gasteiger partial charge in [-0.05, 0) is 31.6 Å². The maximum absolute atomic E-state index is 12.0. The van der Waals surface area contributed by atoms with Gasteiger partial charge in [-0.15, -0.1) is 0 Å². The number of carboxylic acid groups (broad SMARTS) is 1. The van der Waals surface area contributed by atoms with Crippen molar-refractivity contribution in [2.24, 2.45) is 0 Å². The van der Waals surface area contributed by atoms with Crippen molar-refractivity contribution >= 4 is 11.9 Å². The van der Waals surface area contributed by atoms with Gasteiger partial charge >= 0.3 is 5.97 Å². The number of nitrogens with one attached hydrogen (secondary N) is 2. The molecule has 6 heteroatoms. The molecule has 1 aromatic carbocycles. The van der Waals surface area contributed by atoms with Crippen LogP contribution in [0.3, 0.4) is 0 Å². The quantitative estimate of drug-likeness (QED) is 0.539. The van der Waals surface area contributed by atoms with E-state index in [0.29, 0.717) is 18.5 Å². The van der Waals surface area contributed by atoms with Crippen LogP contribution in [0.4, 0.5) is 0 Å². The number of carbonyl (C=O) groups excluding carboxylic acids is 1. The molecule has 104 valence electrons. The molecule has 1 rings (SSSR count). The lowest BCUT2D eigenvalue weighted by Crippen LogP contribution is -2.43. The molecule has 0 fully saturated rings. The SMILES string of the molecule is CNCCc1ccccc1C(=O)N[C@H](CO)C(=O)O. The lowest BCUT2D eigenvalue weighted by atomic mass is 10.0. The largest absolute Gasteiger partial charge is 0.480 e. The number of hydrogen-bond donors (Lipinski definition) is 4. The predicted molar refractivity (Wildman–Crippen MR) is 70.0 cm³/mol. The van der Waals surface area contributed by atoms with Crippen LogP contribution in [0.15, 0.2) is 24.3 Å². The second-order valence-corrected chi connectivity index (χ2v) is 4.06. The van der Waals surface area contributed by atoms with Crippen LogP contribution in [0, 0.1) is 0 Å². The fourth-order valence-corrected chi connectivity index (χ4v) is 1.64. The summed E-state index contributed by atoms with van der Waals surface area (Å²) in [6.45, 7) is 0.0758. The number of carboxylic acids is 1. The Kier molecular flexibility index (Phi) is 5.98. The molecule has 0 saturated heterocycles. The number of amides is 1. The molecule has 19 heavy (non-hydrogen) atoms. The zero-order chi connectivity index (χ0) is 14.3. The van der Waals surface area contributed by atoms with Crippen LogP contribution in [0.5, 0.6) is 0 Å². The lowest BCUT2D eigenvalue weighted by molar-refractivity contribution is -0.140. The molecule has 0 bridgehead atoms. The zero-order valence-electron chi connectivity index (χ0n) is 10.7. The molecular weight excluding hydrogens is 248 g/mol. The Morgan fingerprint density at radius 1 is 1.32 bits per heavy atom. The Hall–Kier alpha value is -1.92. The number of hydrogen-bond acceptors (Lipinski definition) is 4. The topological polar surface area (TPSA) is 98.7 Å². The number of aliphatic carboxylic acids is 1. The number of rotatable bonds is 7. The second kappa shape index (κ2) is 7.50. The van der Waals surface area contributed by atoms with Crippen molar-refractivity contribution in [2.45, 2.75) is 12.5 Å². The van der Waals surface area contributed by atoms with Crippen LogP contribution >= 0.6 is 0 Å². The second-order valence-electron chi connectivity index (χ2n) is 4.06. The van der Waals surface area contributed by atoms with Crippen LogP contribution in [0.1, 0.15) is 15.9 Å². The molecule has 4 N–H and O–H groups in total. The predicted octanol–water partition coefficient (Wildman–Crippen LogP) is -0.376. The third-order valence-corrected chi connectivity index (χ3v) is 2.69. The summed E-state index contributed by atoms with van der Waals surface area (Å²) in [4.78, 5) is 22.8. The monoisotopic (exact) mass is 266 g/mol. The molecule has 0 aliphatic carbocycles. The average Bonchev–Trinajstić information content (AvgIpc) is 2.42. The van der Waals surface area contributed by atoms with Gasteiger partial charge < -0.3 is 20.8 Å². The summed E-state index contributed by atoms with van der Waals surface area (Å²) in [6.07, 6.45) is 0.664. The van der Waals surface area contributed by atoms with Crippen LogP contribution in [0.2, 0.25) is 0 Å². The smallest absolute Gasteiger partial charge is 0.328 e.